The summed E-state index contributed by atoms with van der Waals surface area (Å²) < 4.78 is 0.857. The molecule has 0 spiro atoms. The fraction of sp³-hybridized carbons (Fsp3) is 0.125. The lowest BCUT2D eigenvalue weighted by molar-refractivity contribution is -0.131. The van der Waals surface area contributed by atoms with Gasteiger partial charge in [0.2, 0.25) is 0 Å². The van der Waals surface area contributed by atoms with E-state index in [2.05, 4.69) is 25.8 Å². The van der Waals surface area contributed by atoms with E-state index in [1.807, 2.05) is 43.6 Å². The fourth-order valence-electron chi connectivity index (χ4n) is 1.91. The van der Waals surface area contributed by atoms with Crippen LogP contribution in [0.5, 0.6) is 0 Å². The van der Waals surface area contributed by atoms with Crippen LogP contribution in [0.1, 0.15) is 11.1 Å². The number of pyridine rings is 1. The van der Waals surface area contributed by atoms with Crippen LogP contribution in [-0.4, -0.2) is 23.1 Å². The number of carboxylic acids is 1. The number of anilines is 1. The van der Waals surface area contributed by atoms with Gasteiger partial charge in [0.15, 0.2) is 0 Å². The molecule has 0 aliphatic rings. The minimum atomic E-state index is -0.959. The number of aliphatic carboxylic acids is 1. The number of rotatable bonds is 5. The second kappa shape index (κ2) is 7.04. The zero-order valence-corrected chi connectivity index (χ0v) is 13.1. The minimum Gasteiger partial charge on any atom is -0.478 e. The molecule has 1 aromatic carbocycles. The standard InChI is InChI=1S/C16H15BrN2O2/c1-19(11-12-3-2-8-18-10-12)14-6-4-13(15(17)9-14)5-7-16(20)21/h2-10H,11H2,1H3,(H,20,21)/b7-5+. The number of aromatic nitrogens is 1. The highest BCUT2D eigenvalue weighted by atomic mass is 79.9. The Balaban J connectivity index is 2.14. The number of carbonyl (C=O) groups is 1. The summed E-state index contributed by atoms with van der Waals surface area (Å²) in [4.78, 5) is 16.8. The molecule has 0 unspecified atom stereocenters. The van der Waals surface area contributed by atoms with Gasteiger partial charge in [-0.2, -0.15) is 0 Å². The number of nitrogens with zero attached hydrogens (tertiary/aromatic N) is 2. The number of carboxylic acid groups (broad SMARTS) is 1. The number of halogens is 1. The monoisotopic (exact) mass is 346 g/mol. The van der Waals surface area contributed by atoms with Gasteiger partial charge in [-0.05, 0) is 35.4 Å². The summed E-state index contributed by atoms with van der Waals surface area (Å²) in [5, 5.41) is 8.66. The molecule has 0 aliphatic heterocycles. The Morgan fingerprint density at radius 3 is 2.86 bits per heavy atom. The Hall–Kier alpha value is -2.14. The molecular weight excluding hydrogens is 332 g/mol. The maximum Gasteiger partial charge on any atom is 0.328 e. The van der Waals surface area contributed by atoms with Crippen LogP contribution in [0.15, 0.2) is 53.3 Å². The molecular formula is C16H15BrN2O2. The van der Waals surface area contributed by atoms with E-state index in [1.54, 1.807) is 12.3 Å². The molecule has 1 heterocycles. The van der Waals surface area contributed by atoms with Crippen molar-refractivity contribution in [1.29, 1.82) is 0 Å². The Kier molecular flexibility index (Phi) is 5.11. The number of benzene rings is 1. The highest BCUT2D eigenvalue weighted by molar-refractivity contribution is 9.10. The van der Waals surface area contributed by atoms with Gasteiger partial charge in [-0.3, -0.25) is 4.98 Å². The van der Waals surface area contributed by atoms with E-state index in [0.717, 1.165) is 33.9 Å². The molecule has 0 fully saturated rings. The first-order chi connectivity index (χ1) is 10.1. The van der Waals surface area contributed by atoms with Crippen molar-refractivity contribution < 1.29 is 9.90 Å². The summed E-state index contributed by atoms with van der Waals surface area (Å²) in [6, 6.07) is 9.76. The van der Waals surface area contributed by atoms with E-state index >= 15 is 0 Å². The summed E-state index contributed by atoms with van der Waals surface area (Å²) in [5.74, 6) is -0.959. The second-order valence-corrected chi connectivity index (χ2v) is 5.45. The molecule has 0 saturated heterocycles. The van der Waals surface area contributed by atoms with Crippen molar-refractivity contribution in [3.63, 3.8) is 0 Å². The van der Waals surface area contributed by atoms with Gasteiger partial charge in [0.05, 0.1) is 0 Å². The van der Waals surface area contributed by atoms with Gasteiger partial charge in [0, 0.05) is 42.2 Å². The van der Waals surface area contributed by atoms with E-state index in [1.165, 1.54) is 0 Å². The van der Waals surface area contributed by atoms with Crippen molar-refractivity contribution >= 4 is 33.7 Å². The van der Waals surface area contributed by atoms with Gasteiger partial charge >= 0.3 is 5.97 Å². The van der Waals surface area contributed by atoms with E-state index in [4.69, 9.17) is 5.11 Å². The van der Waals surface area contributed by atoms with Gasteiger partial charge in [-0.1, -0.05) is 28.1 Å². The molecule has 0 saturated carbocycles. The Labute approximate surface area is 131 Å². The van der Waals surface area contributed by atoms with Crippen molar-refractivity contribution in [1.82, 2.24) is 4.98 Å². The molecule has 1 N–H and O–H groups in total. The number of hydrogen-bond donors (Lipinski definition) is 1. The third-order valence-corrected chi connectivity index (χ3v) is 3.66. The molecule has 0 bridgehead atoms. The van der Waals surface area contributed by atoms with E-state index < -0.39 is 5.97 Å². The van der Waals surface area contributed by atoms with Gasteiger partial charge in [0.25, 0.3) is 0 Å². The molecule has 0 amide bonds. The average molecular weight is 347 g/mol. The Morgan fingerprint density at radius 1 is 1.43 bits per heavy atom. The lowest BCUT2D eigenvalue weighted by Crippen LogP contribution is -2.16. The molecule has 108 valence electrons. The molecule has 5 heteroatoms. The third kappa shape index (κ3) is 4.43. The number of hydrogen-bond acceptors (Lipinski definition) is 3. The molecule has 1 aromatic heterocycles. The Morgan fingerprint density at radius 2 is 2.24 bits per heavy atom. The minimum absolute atomic E-state index is 0.755. The summed E-state index contributed by atoms with van der Waals surface area (Å²) >= 11 is 3.47. The predicted molar refractivity (Wildman–Crippen MR) is 87.2 cm³/mol. The van der Waals surface area contributed by atoms with Gasteiger partial charge in [-0.15, -0.1) is 0 Å². The molecule has 21 heavy (non-hydrogen) atoms. The third-order valence-electron chi connectivity index (χ3n) is 2.97. The summed E-state index contributed by atoms with van der Waals surface area (Å²) in [6.45, 7) is 0.755. The van der Waals surface area contributed by atoms with Crippen LogP contribution in [0, 0.1) is 0 Å². The summed E-state index contributed by atoms with van der Waals surface area (Å²) in [7, 11) is 2.00. The molecule has 0 aliphatic carbocycles. The molecule has 4 nitrogen and oxygen atoms in total. The van der Waals surface area contributed by atoms with Crippen molar-refractivity contribution in [3.8, 4) is 0 Å². The van der Waals surface area contributed by atoms with Crippen molar-refractivity contribution in [2.75, 3.05) is 11.9 Å². The largest absolute Gasteiger partial charge is 0.478 e. The zero-order chi connectivity index (χ0) is 15.2. The van der Waals surface area contributed by atoms with Crippen LogP contribution in [-0.2, 0) is 11.3 Å². The SMILES string of the molecule is CN(Cc1cccnc1)c1ccc(/C=C/C(=O)O)c(Br)c1. The van der Waals surface area contributed by atoms with E-state index in [9.17, 15) is 4.79 Å². The van der Waals surface area contributed by atoms with Crippen LogP contribution in [0.3, 0.4) is 0 Å². The van der Waals surface area contributed by atoms with Gasteiger partial charge in [0.1, 0.15) is 0 Å². The molecule has 2 rings (SSSR count). The predicted octanol–water partition coefficient (Wildman–Crippen LogP) is 3.58. The molecule has 0 atom stereocenters. The molecule has 2 aromatic rings. The summed E-state index contributed by atoms with van der Waals surface area (Å²) in [6.07, 6.45) is 6.29. The van der Waals surface area contributed by atoms with Crippen LogP contribution in [0.4, 0.5) is 5.69 Å². The van der Waals surface area contributed by atoms with Crippen LogP contribution < -0.4 is 4.90 Å². The Bertz CT molecular complexity index is 657. The first-order valence-corrected chi connectivity index (χ1v) is 7.16. The quantitative estimate of drug-likeness (QED) is 0.840. The topological polar surface area (TPSA) is 53.4 Å². The van der Waals surface area contributed by atoms with Gasteiger partial charge < -0.3 is 10.0 Å². The van der Waals surface area contributed by atoms with Crippen LogP contribution in [0.2, 0.25) is 0 Å². The van der Waals surface area contributed by atoms with Crippen molar-refractivity contribution in [3.05, 3.63) is 64.4 Å². The highest BCUT2D eigenvalue weighted by Crippen LogP contribution is 2.25. The smallest absolute Gasteiger partial charge is 0.328 e. The summed E-state index contributed by atoms with van der Waals surface area (Å²) in [5.41, 5.74) is 3.00. The lowest BCUT2D eigenvalue weighted by Gasteiger charge is -2.20. The van der Waals surface area contributed by atoms with Gasteiger partial charge in [-0.25, -0.2) is 4.79 Å². The average Bonchev–Trinajstić information content (AvgIpc) is 2.46. The maximum atomic E-state index is 10.5. The van der Waals surface area contributed by atoms with Crippen LogP contribution in [0.25, 0.3) is 6.08 Å². The maximum absolute atomic E-state index is 10.5. The van der Waals surface area contributed by atoms with Crippen molar-refractivity contribution in [2.24, 2.45) is 0 Å². The van der Waals surface area contributed by atoms with Crippen molar-refractivity contribution in [2.45, 2.75) is 6.54 Å². The molecule has 0 radical (unpaired) electrons. The second-order valence-electron chi connectivity index (χ2n) is 4.59. The van der Waals surface area contributed by atoms with Crippen LogP contribution >= 0.6 is 15.9 Å². The van der Waals surface area contributed by atoms with E-state index in [0.29, 0.717) is 0 Å². The normalized spacial score (nSPS) is 10.8. The van der Waals surface area contributed by atoms with E-state index in [-0.39, 0.29) is 0 Å². The zero-order valence-electron chi connectivity index (χ0n) is 11.5. The fourth-order valence-corrected chi connectivity index (χ4v) is 2.41. The first kappa shape index (κ1) is 15.3. The highest BCUT2D eigenvalue weighted by Gasteiger charge is 2.05. The first-order valence-electron chi connectivity index (χ1n) is 6.37. The lowest BCUT2D eigenvalue weighted by atomic mass is 10.1.